The van der Waals surface area contributed by atoms with E-state index in [1.165, 1.54) is 5.56 Å². The quantitative estimate of drug-likeness (QED) is 0.483. The maximum Gasteiger partial charge on any atom is 0.124 e. The number of rotatable bonds is 8. The Morgan fingerprint density at radius 3 is 2.43 bits per heavy atom. The number of halogens is 1. The minimum atomic E-state index is -0.565. The van der Waals surface area contributed by atoms with E-state index in [1.807, 2.05) is 49.4 Å². The molecule has 0 heterocycles. The summed E-state index contributed by atoms with van der Waals surface area (Å²) in [5.74, 6) is 0.845. The molecule has 2 N–H and O–H groups in total. The van der Waals surface area contributed by atoms with E-state index in [0.717, 1.165) is 26.9 Å². The van der Waals surface area contributed by atoms with Crippen LogP contribution in [0.5, 0.6) is 5.75 Å². The third-order valence-electron chi connectivity index (χ3n) is 4.77. The molecule has 0 aliphatic heterocycles. The summed E-state index contributed by atoms with van der Waals surface area (Å²) < 4.78 is 7.08. The van der Waals surface area contributed by atoms with Gasteiger partial charge in [-0.15, -0.1) is 0 Å². The van der Waals surface area contributed by atoms with Crippen LogP contribution < -0.4 is 10.1 Å². The van der Waals surface area contributed by atoms with Crippen molar-refractivity contribution in [2.24, 2.45) is 0 Å². The number of aliphatic hydroxyl groups excluding tert-OH is 1. The van der Waals surface area contributed by atoms with Crippen molar-refractivity contribution in [3.63, 3.8) is 0 Å². The third kappa shape index (κ3) is 5.68. The highest BCUT2D eigenvalue weighted by molar-refractivity contribution is 9.10. The van der Waals surface area contributed by atoms with E-state index in [-0.39, 0.29) is 6.04 Å². The summed E-state index contributed by atoms with van der Waals surface area (Å²) in [4.78, 5) is 0. The predicted molar refractivity (Wildman–Crippen MR) is 117 cm³/mol. The van der Waals surface area contributed by atoms with Crippen LogP contribution in [0.15, 0.2) is 77.3 Å². The van der Waals surface area contributed by atoms with E-state index >= 15 is 0 Å². The fourth-order valence-electron chi connectivity index (χ4n) is 2.99. The molecule has 2 unspecified atom stereocenters. The molecule has 3 nitrogen and oxygen atoms in total. The molecular weight excluding hydrogens is 414 g/mol. The largest absolute Gasteiger partial charge is 0.489 e. The first-order chi connectivity index (χ1) is 13.5. The number of aliphatic hydroxyl groups is 1. The summed E-state index contributed by atoms with van der Waals surface area (Å²) in [6, 6.07) is 24.0. The van der Waals surface area contributed by atoms with Crippen molar-refractivity contribution in [3.8, 4) is 5.75 Å². The normalized spacial score (nSPS) is 13.1. The molecule has 0 aliphatic carbocycles. The molecular formula is C24H26BrNO2. The Bertz CT molecular complexity index is 881. The second-order valence-corrected chi connectivity index (χ2v) is 7.97. The number of hydrogen-bond acceptors (Lipinski definition) is 3. The Labute approximate surface area is 175 Å². The van der Waals surface area contributed by atoms with Crippen LogP contribution in [0.3, 0.4) is 0 Å². The van der Waals surface area contributed by atoms with Crippen molar-refractivity contribution in [1.82, 2.24) is 5.32 Å². The number of aryl methyl sites for hydroxylation is 1. The van der Waals surface area contributed by atoms with Crippen LogP contribution in [0.1, 0.15) is 35.3 Å². The second-order valence-electron chi connectivity index (χ2n) is 7.05. The predicted octanol–water partition coefficient (Wildman–Crippen LogP) is 5.55. The number of ether oxygens (including phenoxy) is 1. The fraction of sp³-hybridized carbons (Fsp3) is 0.250. The summed E-state index contributed by atoms with van der Waals surface area (Å²) in [5.41, 5.74) is 4.34. The highest BCUT2D eigenvalue weighted by atomic mass is 79.9. The van der Waals surface area contributed by atoms with Crippen molar-refractivity contribution < 1.29 is 9.84 Å². The van der Waals surface area contributed by atoms with E-state index in [0.29, 0.717) is 13.2 Å². The summed E-state index contributed by atoms with van der Waals surface area (Å²) in [5, 5.41) is 14.0. The van der Waals surface area contributed by atoms with Gasteiger partial charge in [0.1, 0.15) is 12.4 Å². The zero-order valence-electron chi connectivity index (χ0n) is 16.2. The Morgan fingerprint density at radius 2 is 1.71 bits per heavy atom. The SMILES string of the molecule is Cc1ccc(COc2ccc(Br)cc2CNC(C)C(O)c2ccccc2)cc1. The van der Waals surface area contributed by atoms with E-state index in [1.54, 1.807) is 0 Å². The van der Waals surface area contributed by atoms with Crippen LogP contribution in [0.4, 0.5) is 0 Å². The topological polar surface area (TPSA) is 41.5 Å². The van der Waals surface area contributed by atoms with Gasteiger partial charge in [-0.2, -0.15) is 0 Å². The fourth-order valence-corrected chi connectivity index (χ4v) is 3.40. The lowest BCUT2D eigenvalue weighted by atomic mass is 10.0. The standard InChI is InChI=1S/C24H26BrNO2/c1-17-8-10-19(11-9-17)16-28-23-13-12-22(25)14-21(23)15-26-18(2)24(27)20-6-4-3-5-7-20/h3-14,18,24,26-27H,15-16H2,1-2H3. The van der Waals surface area contributed by atoms with Gasteiger partial charge in [0.05, 0.1) is 6.10 Å². The first kappa shape index (κ1) is 20.6. The Balaban J connectivity index is 1.64. The summed E-state index contributed by atoms with van der Waals surface area (Å²) >= 11 is 3.54. The van der Waals surface area contributed by atoms with Crippen LogP contribution in [0.2, 0.25) is 0 Å². The van der Waals surface area contributed by atoms with Gasteiger partial charge >= 0.3 is 0 Å². The van der Waals surface area contributed by atoms with Gasteiger partial charge in [-0.1, -0.05) is 76.1 Å². The van der Waals surface area contributed by atoms with Crippen LogP contribution in [-0.4, -0.2) is 11.1 Å². The van der Waals surface area contributed by atoms with Crippen molar-refractivity contribution in [1.29, 1.82) is 0 Å². The lowest BCUT2D eigenvalue weighted by Crippen LogP contribution is -2.31. The molecule has 3 aromatic carbocycles. The molecule has 0 radical (unpaired) electrons. The van der Waals surface area contributed by atoms with Gasteiger partial charge in [-0.25, -0.2) is 0 Å². The monoisotopic (exact) mass is 439 g/mol. The van der Waals surface area contributed by atoms with Crippen LogP contribution in [0, 0.1) is 6.92 Å². The molecule has 0 aliphatic rings. The minimum absolute atomic E-state index is 0.0914. The van der Waals surface area contributed by atoms with Crippen molar-refractivity contribution in [2.45, 2.75) is 39.1 Å². The molecule has 0 bridgehead atoms. The van der Waals surface area contributed by atoms with Crippen molar-refractivity contribution >= 4 is 15.9 Å². The summed E-state index contributed by atoms with van der Waals surface area (Å²) in [6.45, 7) is 5.20. The Hall–Kier alpha value is -2.14. The lowest BCUT2D eigenvalue weighted by molar-refractivity contribution is 0.135. The average molecular weight is 440 g/mol. The van der Waals surface area contributed by atoms with Gasteiger partial charge in [-0.05, 0) is 43.2 Å². The van der Waals surface area contributed by atoms with Gasteiger partial charge in [0.15, 0.2) is 0 Å². The molecule has 28 heavy (non-hydrogen) atoms. The molecule has 4 heteroatoms. The highest BCUT2D eigenvalue weighted by Crippen LogP contribution is 2.25. The zero-order chi connectivity index (χ0) is 19.9. The minimum Gasteiger partial charge on any atom is -0.489 e. The van der Waals surface area contributed by atoms with E-state index in [9.17, 15) is 5.11 Å². The van der Waals surface area contributed by atoms with E-state index in [4.69, 9.17) is 4.74 Å². The summed E-state index contributed by atoms with van der Waals surface area (Å²) in [6.07, 6.45) is -0.565. The third-order valence-corrected chi connectivity index (χ3v) is 5.26. The molecule has 0 aromatic heterocycles. The molecule has 146 valence electrons. The summed E-state index contributed by atoms with van der Waals surface area (Å²) in [7, 11) is 0. The smallest absolute Gasteiger partial charge is 0.124 e. The van der Waals surface area contributed by atoms with Gasteiger partial charge in [0.25, 0.3) is 0 Å². The van der Waals surface area contributed by atoms with Gasteiger partial charge in [0, 0.05) is 22.6 Å². The molecule has 0 fully saturated rings. The first-order valence-corrected chi connectivity index (χ1v) is 10.3. The van der Waals surface area contributed by atoms with Gasteiger partial charge < -0.3 is 15.2 Å². The Kier molecular flexibility index (Phi) is 7.26. The second kappa shape index (κ2) is 9.87. The average Bonchev–Trinajstić information content (AvgIpc) is 2.72. The first-order valence-electron chi connectivity index (χ1n) is 9.46. The van der Waals surface area contributed by atoms with Crippen LogP contribution in [-0.2, 0) is 13.2 Å². The molecule has 0 amide bonds. The number of hydrogen-bond donors (Lipinski definition) is 2. The maximum absolute atomic E-state index is 10.6. The van der Waals surface area contributed by atoms with Gasteiger partial charge in [-0.3, -0.25) is 0 Å². The van der Waals surface area contributed by atoms with Crippen LogP contribution >= 0.6 is 15.9 Å². The van der Waals surface area contributed by atoms with Gasteiger partial charge in [0.2, 0.25) is 0 Å². The van der Waals surface area contributed by atoms with Crippen LogP contribution in [0.25, 0.3) is 0 Å². The molecule has 0 saturated heterocycles. The van der Waals surface area contributed by atoms with Crippen molar-refractivity contribution in [3.05, 3.63) is 99.5 Å². The maximum atomic E-state index is 10.6. The molecule has 2 atom stereocenters. The molecule has 0 spiro atoms. The molecule has 3 aromatic rings. The lowest BCUT2D eigenvalue weighted by Gasteiger charge is -2.21. The van der Waals surface area contributed by atoms with E-state index in [2.05, 4.69) is 58.5 Å². The molecule has 0 saturated carbocycles. The van der Waals surface area contributed by atoms with E-state index < -0.39 is 6.10 Å². The number of benzene rings is 3. The van der Waals surface area contributed by atoms with Crippen molar-refractivity contribution in [2.75, 3.05) is 0 Å². The highest BCUT2D eigenvalue weighted by Gasteiger charge is 2.16. The number of nitrogens with one attached hydrogen (secondary N) is 1. The molecule has 3 rings (SSSR count). The Morgan fingerprint density at radius 1 is 1.00 bits per heavy atom. The zero-order valence-corrected chi connectivity index (χ0v) is 17.8.